The van der Waals surface area contributed by atoms with E-state index < -0.39 is 30.1 Å². The van der Waals surface area contributed by atoms with Gasteiger partial charge in [0.1, 0.15) is 12.2 Å². The lowest BCUT2D eigenvalue weighted by Crippen LogP contribution is -2.55. The molecular weight excluding hydrogens is 559 g/mol. The number of fused-ring (bicyclic) bond motifs is 3. The van der Waals surface area contributed by atoms with Crippen molar-refractivity contribution in [2.45, 2.75) is 50.7 Å². The Kier molecular flexibility index (Phi) is 9.76. The van der Waals surface area contributed by atoms with Crippen LogP contribution in [0.5, 0.6) is 11.5 Å². The highest BCUT2D eigenvalue weighted by Crippen LogP contribution is 2.51. The summed E-state index contributed by atoms with van der Waals surface area (Å²) < 4.78 is 11.7. The molecule has 0 fully saturated rings. The van der Waals surface area contributed by atoms with Crippen LogP contribution in [0.25, 0.3) is 0 Å². The molecule has 1 heterocycles. The number of hydrogen-bond donors (Lipinski definition) is 4. The number of aliphatic hydroxyl groups is 3. The van der Waals surface area contributed by atoms with Crippen molar-refractivity contribution in [2.75, 3.05) is 20.3 Å². The second-order valence-corrected chi connectivity index (χ2v) is 10.4. The fourth-order valence-corrected chi connectivity index (χ4v) is 5.42. The van der Waals surface area contributed by atoms with Gasteiger partial charge >= 0.3 is 0 Å². The third kappa shape index (κ3) is 5.99. The number of hydrogen-bond acceptors (Lipinski definition) is 7. The number of amides is 2. The summed E-state index contributed by atoms with van der Waals surface area (Å²) in [4.78, 5) is 28.3. The molecule has 214 valence electrons. The molecule has 0 aromatic heterocycles. The molecule has 0 saturated heterocycles. The normalized spacial score (nSPS) is 21.3. The van der Waals surface area contributed by atoms with Gasteiger partial charge in [-0.05, 0) is 54.0 Å². The first-order valence-corrected chi connectivity index (χ1v) is 13.7. The molecule has 4 rings (SSSR count). The van der Waals surface area contributed by atoms with Crippen LogP contribution in [0.3, 0.4) is 0 Å². The van der Waals surface area contributed by atoms with E-state index in [4.69, 9.17) is 32.7 Å². The molecule has 4 N–H and O–H groups in total. The second kappa shape index (κ2) is 13.1. The number of carbonyl (C=O) groups is 2. The molecule has 40 heavy (non-hydrogen) atoms. The van der Waals surface area contributed by atoms with Crippen molar-refractivity contribution in [1.29, 1.82) is 0 Å². The van der Waals surface area contributed by atoms with E-state index in [0.717, 1.165) is 0 Å². The number of nitrogens with zero attached hydrogens (tertiary/aromatic N) is 1. The first-order chi connectivity index (χ1) is 19.2. The predicted molar refractivity (Wildman–Crippen MR) is 150 cm³/mol. The van der Waals surface area contributed by atoms with Gasteiger partial charge in [-0.25, -0.2) is 0 Å². The van der Waals surface area contributed by atoms with Gasteiger partial charge in [-0.3, -0.25) is 9.59 Å². The standard InChI is InChI=1S/C29H32Cl2N2O7/c1-3-4-5-24(36)33(14-16-6-7-20(30)21(31)11-16)22-13-19(29(38)32-8-9-34)25-18-10-17(15-35)12-23(39-2)27(18)40-28(25)26(22)37/h4-7,10-13,22,25-26,28,34-35,37H,3,8-9,14-15H2,1-2H3,(H,32,38)/t22-,25+,26+,28+/m1/s1. The molecule has 0 unspecified atom stereocenters. The Bertz CT molecular complexity index is 1330. The maximum absolute atomic E-state index is 13.5. The van der Waals surface area contributed by atoms with Gasteiger partial charge in [-0.15, -0.1) is 0 Å². The summed E-state index contributed by atoms with van der Waals surface area (Å²) in [5.41, 5.74) is 2.06. The number of halogens is 2. The van der Waals surface area contributed by atoms with E-state index in [1.807, 2.05) is 6.92 Å². The van der Waals surface area contributed by atoms with Crippen molar-refractivity contribution in [2.24, 2.45) is 0 Å². The van der Waals surface area contributed by atoms with Crippen LogP contribution in [0, 0.1) is 0 Å². The van der Waals surface area contributed by atoms with E-state index in [1.165, 1.54) is 18.1 Å². The third-order valence-corrected chi connectivity index (χ3v) is 7.71. The zero-order valence-electron chi connectivity index (χ0n) is 22.1. The van der Waals surface area contributed by atoms with Crippen molar-refractivity contribution in [3.63, 3.8) is 0 Å². The molecule has 1 aliphatic heterocycles. The van der Waals surface area contributed by atoms with Crippen LogP contribution < -0.4 is 14.8 Å². The van der Waals surface area contributed by atoms with E-state index in [9.17, 15) is 24.9 Å². The van der Waals surface area contributed by atoms with Gasteiger partial charge in [-0.1, -0.05) is 42.3 Å². The Balaban J connectivity index is 1.83. The average Bonchev–Trinajstić information content (AvgIpc) is 3.35. The summed E-state index contributed by atoms with van der Waals surface area (Å²) in [6, 6.07) is 7.39. The molecule has 9 nitrogen and oxygen atoms in total. The Morgan fingerprint density at radius 2 is 1.93 bits per heavy atom. The Morgan fingerprint density at radius 1 is 1.15 bits per heavy atom. The van der Waals surface area contributed by atoms with Crippen LogP contribution in [-0.2, 0) is 22.7 Å². The van der Waals surface area contributed by atoms with Gasteiger partial charge in [0.15, 0.2) is 11.5 Å². The highest BCUT2D eigenvalue weighted by atomic mass is 35.5. The molecule has 2 aromatic rings. The molecule has 11 heteroatoms. The lowest BCUT2D eigenvalue weighted by molar-refractivity contribution is -0.133. The fourth-order valence-electron chi connectivity index (χ4n) is 5.10. The van der Waals surface area contributed by atoms with Crippen molar-refractivity contribution in [1.82, 2.24) is 10.2 Å². The van der Waals surface area contributed by atoms with Crippen LogP contribution in [0.1, 0.15) is 36.0 Å². The predicted octanol–water partition coefficient (Wildman–Crippen LogP) is 3.11. The van der Waals surface area contributed by atoms with E-state index in [-0.39, 0.29) is 37.8 Å². The van der Waals surface area contributed by atoms with Crippen molar-refractivity contribution < 1.29 is 34.4 Å². The topological polar surface area (TPSA) is 129 Å². The number of carbonyl (C=O) groups excluding carboxylic acids is 2. The molecule has 2 aromatic carbocycles. The smallest absolute Gasteiger partial charge is 0.247 e. The van der Waals surface area contributed by atoms with Gasteiger partial charge in [0, 0.05) is 24.2 Å². The summed E-state index contributed by atoms with van der Waals surface area (Å²) in [6.07, 6.45) is 3.16. The van der Waals surface area contributed by atoms with Crippen molar-refractivity contribution in [3.8, 4) is 11.5 Å². The highest BCUT2D eigenvalue weighted by molar-refractivity contribution is 6.42. The van der Waals surface area contributed by atoms with Gasteiger partial charge in [-0.2, -0.15) is 0 Å². The Hall–Kier alpha value is -3.08. The number of allylic oxidation sites excluding steroid dienone is 1. The number of nitrogens with one attached hydrogen (secondary N) is 1. The number of rotatable bonds is 10. The zero-order chi connectivity index (χ0) is 29.0. The molecule has 2 aliphatic rings. The van der Waals surface area contributed by atoms with E-state index in [2.05, 4.69) is 5.32 Å². The van der Waals surface area contributed by atoms with Crippen LogP contribution in [0.15, 0.2) is 54.1 Å². The first-order valence-electron chi connectivity index (χ1n) is 12.9. The fraction of sp³-hybridized carbons (Fsp3) is 0.379. The van der Waals surface area contributed by atoms with Crippen molar-refractivity contribution >= 4 is 35.0 Å². The maximum atomic E-state index is 13.5. The summed E-state index contributed by atoms with van der Waals surface area (Å²) in [5.74, 6) is -0.865. The van der Waals surface area contributed by atoms with Gasteiger partial charge < -0.3 is 35.0 Å². The van der Waals surface area contributed by atoms with E-state index >= 15 is 0 Å². The second-order valence-electron chi connectivity index (χ2n) is 9.54. The SMILES string of the molecule is CCC=CC(=O)N(Cc1ccc(Cl)c(Cl)c1)[C@@H]1C=C(C(=O)NCCO)[C@@H]2c3cc(CO)cc(OC)c3O[C@@H]2[C@H]1O. The molecule has 0 spiro atoms. The molecular formula is C29H32Cl2N2O7. The molecule has 1 aliphatic carbocycles. The number of aliphatic hydroxyl groups excluding tert-OH is 3. The molecule has 0 saturated carbocycles. The van der Waals surface area contributed by atoms with Crippen LogP contribution in [0.2, 0.25) is 10.0 Å². The van der Waals surface area contributed by atoms with Crippen LogP contribution >= 0.6 is 23.2 Å². The lowest BCUT2D eigenvalue weighted by atomic mass is 9.77. The largest absolute Gasteiger partial charge is 0.493 e. The molecule has 2 amide bonds. The quantitative estimate of drug-likeness (QED) is 0.313. The lowest BCUT2D eigenvalue weighted by Gasteiger charge is -2.40. The summed E-state index contributed by atoms with van der Waals surface area (Å²) >= 11 is 12.3. The van der Waals surface area contributed by atoms with Gasteiger partial charge in [0.2, 0.25) is 11.8 Å². The summed E-state index contributed by atoms with van der Waals surface area (Å²) in [6.45, 7) is 1.44. The number of methoxy groups -OCH3 is 1. The molecule has 0 bridgehead atoms. The minimum atomic E-state index is -1.24. The monoisotopic (exact) mass is 590 g/mol. The maximum Gasteiger partial charge on any atom is 0.247 e. The van der Waals surface area contributed by atoms with Crippen LogP contribution in [0.4, 0.5) is 0 Å². The summed E-state index contributed by atoms with van der Waals surface area (Å²) in [5, 5.41) is 34.2. The highest BCUT2D eigenvalue weighted by Gasteiger charge is 2.51. The van der Waals surface area contributed by atoms with Crippen LogP contribution in [-0.4, -0.2) is 70.5 Å². The average molecular weight is 591 g/mol. The van der Waals surface area contributed by atoms with Gasteiger partial charge in [0.05, 0.1) is 42.3 Å². The minimum Gasteiger partial charge on any atom is -0.493 e. The minimum absolute atomic E-state index is 0.0135. The molecule has 0 radical (unpaired) electrons. The third-order valence-electron chi connectivity index (χ3n) is 6.97. The number of ether oxygens (including phenoxy) is 2. The van der Waals surface area contributed by atoms with Gasteiger partial charge in [0.25, 0.3) is 0 Å². The van der Waals surface area contributed by atoms with Crippen molar-refractivity contribution in [3.05, 3.63) is 80.9 Å². The van der Waals surface area contributed by atoms with E-state index in [1.54, 1.807) is 42.5 Å². The zero-order valence-corrected chi connectivity index (χ0v) is 23.7. The Morgan fingerprint density at radius 3 is 2.58 bits per heavy atom. The number of benzene rings is 2. The molecule has 4 atom stereocenters. The first kappa shape index (κ1) is 29.9. The van der Waals surface area contributed by atoms with E-state index in [0.29, 0.717) is 44.7 Å². The summed E-state index contributed by atoms with van der Waals surface area (Å²) in [7, 11) is 1.46. The Labute approximate surface area is 242 Å².